The van der Waals surface area contributed by atoms with Crippen molar-refractivity contribution in [2.45, 2.75) is 65.2 Å². The highest BCUT2D eigenvalue weighted by molar-refractivity contribution is 6.12. The molecule has 0 bridgehead atoms. The third kappa shape index (κ3) is 3.92. The van der Waals surface area contributed by atoms with E-state index in [9.17, 15) is 9.90 Å². The van der Waals surface area contributed by atoms with Gasteiger partial charge in [0.1, 0.15) is 5.75 Å². The fourth-order valence-electron chi connectivity index (χ4n) is 4.53. The summed E-state index contributed by atoms with van der Waals surface area (Å²) in [5.41, 5.74) is 5.81. The monoisotopic (exact) mass is 427 g/mol. The number of hydrogen-bond acceptors (Lipinski definition) is 2. The molecule has 1 heterocycles. The molecule has 3 nitrogen and oxygen atoms in total. The van der Waals surface area contributed by atoms with E-state index < -0.39 is 0 Å². The molecule has 0 atom stereocenters. The number of carbonyl (C=O) groups is 1. The van der Waals surface area contributed by atoms with E-state index in [0.29, 0.717) is 11.3 Å². The molecule has 1 aliphatic heterocycles. The van der Waals surface area contributed by atoms with Crippen molar-refractivity contribution >= 4 is 17.3 Å². The number of rotatable bonds is 1. The zero-order chi connectivity index (χ0) is 23.3. The summed E-state index contributed by atoms with van der Waals surface area (Å²) in [4.78, 5) is 16.1. The molecular formula is C29H33NO2. The number of carbonyl (C=O) groups excluding carboxylic acids is 1. The maximum Gasteiger partial charge on any atom is 0.262 e. The second-order valence-electron chi connectivity index (χ2n) is 10.8. The Morgan fingerprint density at radius 2 is 1.16 bits per heavy atom. The summed E-state index contributed by atoms with van der Waals surface area (Å²) in [7, 11) is 0. The summed E-state index contributed by atoms with van der Waals surface area (Å²) in [6.45, 7) is 12.4. The molecule has 0 saturated carbocycles. The largest absolute Gasteiger partial charge is 0.507 e. The van der Waals surface area contributed by atoms with Crippen molar-refractivity contribution in [3.05, 3.63) is 88.5 Å². The molecule has 0 radical (unpaired) electrons. The Hall–Kier alpha value is -3.07. The summed E-state index contributed by atoms with van der Waals surface area (Å²) >= 11 is 0. The van der Waals surface area contributed by atoms with Crippen LogP contribution < -0.4 is 4.90 Å². The van der Waals surface area contributed by atoms with Crippen LogP contribution in [0.15, 0.2) is 60.7 Å². The summed E-state index contributed by atoms with van der Waals surface area (Å²) in [5, 5.41) is 11.1. The van der Waals surface area contributed by atoms with Crippen LogP contribution in [0.4, 0.5) is 11.4 Å². The quantitative estimate of drug-likeness (QED) is 0.451. The predicted octanol–water partition coefficient (Wildman–Crippen LogP) is 7.06. The molecule has 3 heteroatoms. The second kappa shape index (κ2) is 7.81. The van der Waals surface area contributed by atoms with Crippen LogP contribution in [-0.4, -0.2) is 11.0 Å². The number of phenolic OH excluding ortho intramolecular Hbond substituents is 1. The zero-order valence-corrected chi connectivity index (χ0v) is 20.0. The van der Waals surface area contributed by atoms with Gasteiger partial charge in [-0.1, -0.05) is 77.9 Å². The fourth-order valence-corrected chi connectivity index (χ4v) is 4.53. The van der Waals surface area contributed by atoms with Crippen LogP contribution in [0.1, 0.15) is 74.2 Å². The van der Waals surface area contributed by atoms with Gasteiger partial charge in [-0.25, -0.2) is 0 Å². The molecule has 0 spiro atoms. The average Bonchev–Trinajstić information content (AvgIpc) is 2.88. The van der Waals surface area contributed by atoms with Crippen molar-refractivity contribution in [1.82, 2.24) is 0 Å². The Morgan fingerprint density at radius 3 is 1.56 bits per heavy atom. The van der Waals surface area contributed by atoms with Gasteiger partial charge in [0.25, 0.3) is 5.91 Å². The van der Waals surface area contributed by atoms with Gasteiger partial charge in [-0.05, 0) is 59.1 Å². The van der Waals surface area contributed by atoms with Crippen LogP contribution >= 0.6 is 0 Å². The minimum Gasteiger partial charge on any atom is -0.507 e. The Balaban J connectivity index is 1.96. The van der Waals surface area contributed by atoms with E-state index >= 15 is 0 Å². The molecule has 3 aromatic carbocycles. The molecule has 32 heavy (non-hydrogen) atoms. The Labute approximate surface area is 191 Å². The van der Waals surface area contributed by atoms with Gasteiger partial charge in [-0.2, -0.15) is 0 Å². The molecule has 1 N–H and O–H groups in total. The summed E-state index contributed by atoms with van der Waals surface area (Å²) in [6.07, 6.45) is 1.79. The number of nitrogens with zero attached hydrogens (tertiary/aromatic N) is 1. The van der Waals surface area contributed by atoms with E-state index in [1.807, 2.05) is 53.4 Å². The maximum atomic E-state index is 14.2. The van der Waals surface area contributed by atoms with Crippen LogP contribution in [0.3, 0.4) is 0 Å². The Kier molecular flexibility index (Phi) is 5.40. The lowest BCUT2D eigenvalue weighted by Crippen LogP contribution is -2.28. The lowest BCUT2D eigenvalue weighted by Gasteiger charge is -2.30. The topological polar surface area (TPSA) is 40.5 Å². The second-order valence-corrected chi connectivity index (χ2v) is 10.8. The van der Waals surface area contributed by atoms with Crippen LogP contribution in [0.2, 0.25) is 0 Å². The van der Waals surface area contributed by atoms with Crippen molar-refractivity contribution in [3.63, 3.8) is 0 Å². The lowest BCUT2D eigenvalue weighted by atomic mass is 9.78. The van der Waals surface area contributed by atoms with Crippen LogP contribution in [0, 0.1) is 0 Å². The minimum atomic E-state index is -0.297. The molecule has 166 valence electrons. The van der Waals surface area contributed by atoms with E-state index in [0.717, 1.165) is 35.3 Å². The standard InChI is InChI=1S/C29H33NO2/c1-28(2,3)22-17-21(18-23(26(22)31)29(4,5)6)27(32)30-24-13-9-7-11-19(24)15-16-20-12-8-10-14-25(20)30/h7-14,17-18,31H,15-16H2,1-6H3. The lowest BCUT2D eigenvalue weighted by molar-refractivity contribution is 0.0999. The van der Waals surface area contributed by atoms with Crippen LogP contribution in [0.25, 0.3) is 0 Å². The van der Waals surface area contributed by atoms with E-state index in [-0.39, 0.29) is 16.7 Å². The Bertz CT molecular complexity index is 1100. The molecule has 0 fully saturated rings. The highest BCUT2D eigenvalue weighted by Gasteiger charge is 2.31. The smallest absolute Gasteiger partial charge is 0.262 e. The number of para-hydroxylation sites is 2. The third-order valence-electron chi connectivity index (χ3n) is 6.30. The number of phenols is 1. The zero-order valence-electron chi connectivity index (χ0n) is 20.0. The number of anilines is 2. The Morgan fingerprint density at radius 1 is 0.750 bits per heavy atom. The normalized spacial score (nSPS) is 13.9. The van der Waals surface area contributed by atoms with Crippen molar-refractivity contribution in [3.8, 4) is 5.75 Å². The molecule has 1 amide bonds. The van der Waals surface area contributed by atoms with Gasteiger partial charge >= 0.3 is 0 Å². The average molecular weight is 428 g/mol. The molecule has 4 rings (SSSR count). The fraction of sp³-hybridized carbons (Fsp3) is 0.345. The van der Waals surface area contributed by atoms with Crippen molar-refractivity contribution < 1.29 is 9.90 Å². The molecule has 0 unspecified atom stereocenters. The number of amides is 1. The summed E-state index contributed by atoms with van der Waals surface area (Å²) in [6, 6.07) is 20.1. The van der Waals surface area contributed by atoms with Gasteiger partial charge < -0.3 is 5.11 Å². The van der Waals surface area contributed by atoms with E-state index in [1.54, 1.807) is 0 Å². The molecule has 3 aromatic rings. The minimum absolute atomic E-state index is 0.0669. The summed E-state index contributed by atoms with van der Waals surface area (Å²) < 4.78 is 0. The molecule has 0 saturated heterocycles. The van der Waals surface area contributed by atoms with Gasteiger partial charge in [-0.3, -0.25) is 9.69 Å². The number of hydrogen-bond donors (Lipinski definition) is 1. The predicted molar refractivity (Wildman–Crippen MR) is 132 cm³/mol. The molecule has 0 aliphatic carbocycles. The number of aromatic hydroxyl groups is 1. The van der Waals surface area contributed by atoms with Gasteiger partial charge in [0.2, 0.25) is 0 Å². The maximum absolute atomic E-state index is 14.2. The first kappa shape index (κ1) is 22.1. The first-order chi connectivity index (χ1) is 15.0. The highest BCUT2D eigenvalue weighted by atomic mass is 16.3. The third-order valence-corrected chi connectivity index (χ3v) is 6.30. The van der Waals surface area contributed by atoms with Gasteiger partial charge in [0.05, 0.1) is 11.4 Å². The van der Waals surface area contributed by atoms with Crippen LogP contribution in [-0.2, 0) is 23.7 Å². The first-order valence-electron chi connectivity index (χ1n) is 11.4. The molecule has 1 aliphatic rings. The number of benzene rings is 3. The van der Waals surface area contributed by atoms with Crippen molar-refractivity contribution in [2.75, 3.05) is 4.90 Å². The van der Waals surface area contributed by atoms with Crippen LogP contribution in [0.5, 0.6) is 5.75 Å². The van der Waals surface area contributed by atoms with E-state index in [2.05, 4.69) is 53.7 Å². The van der Waals surface area contributed by atoms with Crippen molar-refractivity contribution in [2.24, 2.45) is 0 Å². The van der Waals surface area contributed by atoms with E-state index in [1.165, 1.54) is 11.1 Å². The molecular weight excluding hydrogens is 394 g/mol. The highest BCUT2D eigenvalue weighted by Crippen LogP contribution is 2.42. The van der Waals surface area contributed by atoms with Crippen molar-refractivity contribution in [1.29, 1.82) is 0 Å². The number of fused-ring (bicyclic) bond motifs is 2. The van der Waals surface area contributed by atoms with Gasteiger partial charge in [0.15, 0.2) is 0 Å². The summed E-state index contributed by atoms with van der Waals surface area (Å²) in [5.74, 6) is 0.223. The number of aryl methyl sites for hydroxylation is 2. The van der Waals surface area contributed by atoms with Gasteiger partial charge in [-0.15, -0.1) is 0 Å². The van der Waals surface area contributed by atoms with E-state index in [4.69, 9.17) is 0 Å². The van der Waals surface area contributed by atoms with Gasteiger partial charge in [0, 0.05) is 16.7 Å². The first-order valence-corrected chi connectivity index (χ1v) is 11.4. The SMILES string of the molecule is CC(C)(C)c1cc(C(=O)N2c3ccccc3CCc3ccccc32)cc(C(C)(C)C)c1O. The molecule has 0 aromatic heterocycles.